The summed E-state index contributed by atoms with van der Waals surface area (Å²) in [6.45, 7) is 0.276. The topological polar surface area (TPSA) is 29.1 Å². The minimum absolute atomic E-state index is 0.00382. The van der Waals surface area contributed by atoms with Crippen LogP contribution in [0.4, 0.5) is 13.2 Å². The summed E-state index contributed by atoms with van der Waals surface area (Å²) in [4.78, 5) is 11.7. The van der Waals surface area contributed by atoms with Crippen molar-refractivity contribution in [2.75, 3.05) is 0 Å². The summed E-state index contributed by atoms with van der Waals surface area (Å²) >= 11 is 17.6. The average Bonchev–Trinajstić information content (AvgIpc) is 3.49. The number of alkyl halides is 3. The highest BCUT2D eigenvalue weighted by Crippen LogP contribution is 2.41. The first-order valence-electron chi connectivity index (χ1n) is 9.11. The molecule has 2 aromatic carbocycles. The van der Waals surface area contributed by atoms with Crippen LogP contribution in [0.15, 0.2) is 36.4 Å². The van der Waals surface area contributed by atoms with Crippen molar-refractivity contribution in [1.82, 2.24) is 5.32 Å². The first-order chi connectivity index (χ1) is 14.1. The lowest BCUT2D eigenvalue weighted by Gasteiger charge is -2.18. The fraction of sp³-hybridized carbons (Fsp3) is 0.286. The van der Waals surface area contributed by atoms with Crippen LogP contribution in [0.5, 0.6) is 0 Å². The Morgan fingerprint density at radius 1 is 1.17 bits per heavy atom. The summed E-state index contributed by atoms with van der Waals surface area (Å²) in [7, 11) is 6.00. The van der Waals surface area contributed by atoms with Crippen molar-refractivity contribution < 1.29 is 18.0 Å². The number of allylic oxidation sites excluding steroid dienone is 1. The van der Waals surface area contributed by atoms with Gasteiger partial charge in [0.15, 0.2) is 0 Å². The maximum absolute atomic E-state index is 13.6. The Labute approximate surface area is 188 Å². The highest BCUT2D eigenvalue weighted by atomic mass is 35.5. The average molecular weight is 473 g/mol. The van der Waals surface area contributed by atoms with Crippen molar-refractivity contribution in [1.29, 1.82) is 0 Å². The number of benzene rings is 2. The van der Waals surface area contributed by atoms with Crippen LogP contribution in [0.25, 0.3) is 6.08 Å². The van der Waals surface area contributed by atoms with E-state index in [4.69, 9.17) is 42.6 Å². The Bertz CT molecular complexity index is 967. The number of halogens is 6. The molecular formula is C21H16BCl3F3NO. The van der Waals surface area contributed by atoms with Gasteiger partial charge in [-0.05, 0) is 41.7 Å². The van der Waals surface area contributed by atoms with Crippen LogP contribution in [0.1, 0.15) is 35.4 Å². The van der Waals surface area contributed by atoms with Crippen molar-refractivity contribution in [3.05, 3.63) is 68.2 Å². The summed E-state index contributed by atoms with van der Waals surface area (Å²) in [5.41, 5.74) is 1.45. The van der Waals surface area contributed by atoms with E-state index in [0.717, 1.165) is 31.1 Å². The molecule has 156 valence electrons. The van der Waals surface area contributed by atoms with Crippen LogP contribution in [0.2, 0.25) is 15.1 Å². The molecule has 2 radical (unpaired) electrons. The van der Waals surface area contributed by atoms with Crippen LogP contribution in [-0.4, -0.2) is 19.9 Å². The molecule has 1 fully saturated rings. The second kappa shape index (κ2) is 9.25. The molecule has 1 aliphatic rings. The van der Waals surface area contributed by atoms with E-state index < -0.39 is 12.1 Å². The quantitative estimate of drug-likeness (QED) is 0.416. The third-order valence-electron chi connectivity index (χ3n) is 4.77. The molecule has 0 saturated heterocycles. The Hall–Kier alpha value is -1.63. The zero-order valence-corrected chi connectivity index (χ0v) is 17.8. The maximum Gasteiger partial charge on any atom is 0.399 e. The Balaban J connectivity index is 1.78. The lowest BCUT2D eigenvalue weighted by atomic mass is 9.88. The summed E-state index contributed by atoms with van der Waals surface area (Å²) in [6.07, 6.45) is -0.419. The molecule has 1 atom stereocenters. The minimum atomic E-state index is -4.56. The highest BCUT2D eigenvalue weighted by Gasteiger charge is 2.39. The van der Waals surface area contributed by atoms with E-state index in [1.807, 2.05) is 0 Å². The van der Waals surface area contributed by atoms with Gasteiger partial charge in [0, 0.05) is 12.5 Å². The van der Waals surface area contributed by atoms with Gasteiger partial charge >= 0.3 is 6.18 Å². The summed E-state index contributed by atoms with van der Waals surface area (Å²) in [6, 6.07) is 7.18. The molecule has 0 spiro atoms. The lowest BCUT2D eigenvalue weighted by Crippen LogP contribution is -2.27. The molecule has 1 unspecified atom stereocenters. The van der Waals surface area contributed by atoms with Crippen LogP contribution < -0.4 is 10.8 Å². The summed E-state index contributed by atoms with van der Waals surface area (Å²) in [5.74, 6) is -1.85. The number of hydrogen-bond acceptors (Lipinski definition) is 1. The van der Waals surface area contributed by atoms with Gasteiger partial charge in [0.05, 0.1) is 21.0 Å². The van der Waals surface area contributed by atoms with Gasteiger partial charge in [-0.15, -0.1) is 0 Å². The molecular weight excluding hydrogens is 456 g/mol. The summed E-state index contributed by atoms with van der Waals surface area (Å²) in [5, 5.41) is 2.71. The van der Waals surface area contributed by atoms with Gasteiger partial charge < -0.3 is 5.32 Å². The Morgan fingerprint density at radius 3 is 2.33 bits per heavy atom. The zero-order chi connectivity index (χ0) is 22.1. The van der Waals surface area contributed by atoms with Crippen molar-refractivity contribution in [2.24, 2.45) is 5.92 Å². The van der Waals surface area contributed by atoms with Crippen molar-refractivity contribution in [2.45, 2.75) is 31.5 Å². The Kier molecular flexibility index (Phi) is 7.11. The fourth-order valence-electron chi connectivity index (χ4n) is 2.92. The molecule has 30 heavy (non-hydrogen) atoms. The number of nitrogens with one attached hydrogen (secondary N) is 1. The fourth-order valence-corrected chi connectivity index (χ4v) is 3.53. The van der Waals surface area contributed by atoms with Crippen molar-refractivity contribution >= 4 is 60.1 Å². The van der Waals surface area contributed by atoms with E-state index in [9.17, 15) is 18.0 Å². The molecule has 0 aromatic heterocycles. The molecule has 0 aliphatic heterocycles. The van der Waals surface area contributed by atoms with E-state index in [0.29, 0.717) is 16.6 Å². The first kappa shape index (κ1) is 23.0. The van der Waals surface area contributed by atoms with Crippen LogP contribution in [-0.2, 0) is 11.3 Å². The van der Waals surface area contributed by atoms with Crippen LogP contribution in [0, 0.1) is 5.92 Å². The van der Waals surface area contributed by atoms with Crippen molar-refractivity contribution in [3.63, 3.8) is 0 Å². The van der Waals surface area contributed by atoms with Gasteiger partial charge in [-0.2, -0.15) is 13.2 Å². The standard InChI is InChI=1S/C21H16BCl3F3NO/c22-16-7-11(1-3-13(16)10-29-20(30)12-4-5-12)2-6-15(21(26,27)28)14-8-17(23)19(25)18(24)9-14/h1-3,6-9,12,15H,4-5,10H2,(H,29,30). The van der Waals surface area contributed by atoms with Gasteiger partial charge in [-0.1, -0.05) is 70.6 Å². The first-order valence-corrected chi connectivity index (χ1v) is 10.2. The largest absolute Gasteiger partial charge is 0.399 e. The number of carbonyl (C=O) groups excluding carboxylic acids is 1. The second-order valence-corrected chi connectivity index (χ2v) is 8.32. The van der Waals surface area contributed by atoms with Gasteiger partial charge in [0.1, 0.15) is 7.85 Å². The molecule has 1 aliphatic carbocycles. The monoisotopic (exact) mass is 471 g/mol. The molecule has 1 amide bonds. The molecule has 1 N–H and O–H groups in total. The van der Waals surface area contributed by atoms with Gasteiger partial charge in [0.25, 0.3) is 0 Å². The SMILES string of the molecule is [B]c1cc(C=CC(c2cc(Cl)c(Cl)c(Cl)c2)C(F)(F)F)ccc1CNC(=O)C1CC1. The van der Waals surface area contributed by atoms with E-state index in [1.165, 1.54) is 6.08 Å². The number of hydrogen-bond donors (Lipinski definition) is 1. The number of rotatable bonds is 6. The molecule has 2 aromatic rings. The molecule has 0 bridgehead atoms. The van der Waals surface area contributed by atoms with Gasteiger partial charge in [0.2, 0.25) is 5.91 Å². The predicted octanol–water partition coefficient (Wildman–Crippen LogP) is 5.83. The van der Waals surface area contributed by atoms with Gasteiger partial charge in [-0.3, -0.25) is 4.79 Å². The smallest absolute Gasteiger partial charge is 0.352 e. The predicted molar refractivity (Wildman–Crippen MR) is 116 cm³/mol. The molecule has 1 saturated carbocycles. The third-order valence-corrected chi connectivity index (χ3v) is 5.97. The lowest BCUT2D eigenvalue weighted by molar-refractivity contribution is -0.139. The highest BCUT2D eigenvalue weighted by molar-refractivity contribution is 6.48. The number of amides is 1. The van der Waals surface area contributed by atoms with E-state index in [1.54, 1.807) is 18.2 Å². The van der Waals surface area contributed by atoms with Crippen LogP contribution >= 0.6 is 34.8 Å². The molecule has 2 nitrogen and oxygen atoms in total. The molecule has 9 heteroatoms. The maximum atomic E-state index is 13.6. The Morgan fingerprint density at radius 2 is 1.80 bits per heavy atom. The summed E-state index contributed by atoms with van der Waals surface area (Å²) < 4.78 is 40.9. The molecule has 0 heterocycles. The third kappa shape index (κ3) is 5.74. The normalized spacial score (nSPS) is 15.4. The van der Waals surface area contributed by atoms with E-state index in [-0.39, 0.29) is 39.0 Å². The minimum Gasteiger partial charge on any atom is -0.352 e. The molecule has 3 rings (SSSR count). The zero-order valence-electron chi connectivity index (χ0n) is 15.6. The number of carbonyl (C=O) groups is 1. The van der Waals surface area contributed by atoms with Crippen molar-refractivity contribution in [3.8, 4) is 0 Å². The van der Waals surface area contributed by atoms with Crippen LogP contribution in [0.3, 0.4) is 0 Å². The van der Waals surface area contributed by atoms with E-state index in [2.05, 4.69) is 5.32 Å². The second-order valence-electron chi connectivity index (χ2n) is 7.13. The van der Waals surface area contributed by atoms with E-state index >= 15 is 0 Å². The van der Waals surface area contributed by atoms with Gasteiger partial charge in [-0.25, -0.2) is 0 Å².